The van der Waals surface area contributed by atoms with E-state index >= 15 is 0 Å². The van der Waals surface area contributed by atoms with Gasteiger partial charge in [0.2, 0.25) is 5.95 Å². The second kappa shape index (κ2) is 12.8. The fourth-order valence-corrected chi connectivity index (χ4v) is 4.68. The third-order valence-corrected chi connectivity index (χ3v) is 6.49. The number of rotatable bonds is 8. The van der Waals surface area contributed by atoms with E-state index in [0.29, 0.717) is 24.7 Å². The summed E-state index contributed by atoms with van der Waals surface area (Å²) in [7, 11) is 0. The Labute approximate surface area is 226 Å². The molecule has 1 aliphatic heterocycles. The van der Waals surface area contributed by atoms with Gasteiger partial charge in [-0.05, 0) is 44.4 Å². The normalized spacial score (nSPS) is 14.0. The molecule has 0 saturated carbocycles. The van der Waals surface area contributed by atoms with Gasteiger partial charge >= 0.3 is 11.9 Å². The van der Waals surface area contributed by atoms with Gasteiger partial charge in [0.1, 0.15) is 17.9 Å². The van der Waals surface area contributed by atoms with Crippen molar-refractivity contribution in [2.24, 2.45) is 0 Å². The average Bonchev–Trinajstić information content (AvgIpc) is 3.61. The van der Waals surface area contributed by atoms with Gasteiger partial charge in [-0.25, -0.2) is 19.6 Å². The van der Waals surface area contributed by atoms with Crippen LogP contribution in [0.15, 0.2) is 73.2 Å². The van der Waals surface area contributed by atoms with Crippen LogP contribution in [0.4, 0.5) is 5.95 Å². The van der Waals surface area contributed by atoms with Crippen molar-refractivity contribution in [3.8, 4) is 5.75 Å². The number of carboxylic acids is 2. The number of carboxylic acid groups (broad SMARTS) is 2. The van der Waals surface area contributed by atoms with Crippen molar-refractivity contribution >= 4 is 28.9 Å². The maximum atomic E-state index is 9.55. The van der Waals surface area contributed by atoms with E-state index in [1.54, 1.807) is 6.33 Å². The lowest BCUT2D eigenvalue weighted by molar-refractivity contribution is -0.134. The highest BCUT2D eigenvalue weighted by atomic mass is 16.5. The van der Waals surface area contributed by atoms with E-state index < -0.39 is 11.9 Å². The van der Waals surface area contributed by atoms with Gasteiger partial charge in [0, 0.05) is 43.4 Å². The number of benzene rings is 2. The number of nitrogens with zero attached hydrogens (tertiary/aromatic N) is 4. The standard InChI is InChI=1S/C25H29N5O.C4H4O4/c1-18(2)30-24-21(9-6-10-23(24)31-16-19-7-4-3-5-8-19)28-25(30)29-13-11-20(12-14-29)22-15-26-17-27-22;5-3(6)1-2-4(7)8/h3-10,15,17-18,20H,11-14,16H2,1-2H3,(H,26,27);1-2H,(H,5,6)(H,7,8)/b;2-1-. The second-order valence-corrected chi connectivity index (χ2v) is 9.54. The van der Waals surface area contributed by atoms with Crippen molar-refractivity contribution in [2.75, 3.05) is 18.0 Å². The van der Waals surface area contributed by atoms with Crippen molar-refractivity contribution in [1.82, 2.24) is 19.5 Å². The van der Waals surface area contributed by atoms with E-state index in [1.165, 1.54) is 5.69 Å². The number of anilines is 1. The van der Waals surface area contributed by atoms with Crippen LogP contribution in [0, 0.1) is 0 Å². The number of para-hydroxylation sites is 1. The first-order chi connectivity index (χ1) is 18.8. The minimum Gasteiger partial charge on any atom is -0.487 e. The number of ether oxygens (including phenoxy) is 1. The molecule has 3 heterocycles. The summed E-state index contributed by atoms with van der Waals surface area (Å²) >= 11 is 0. The Morgan fingerprint density at radius 3 is 2.33 bits per heavy atom. The Hall–Kier alpha value is -4.60. The smallest absolute Gasteiger partial charge is 0.328 e. The molecule has 10 nitrogen and oxygen atoms in total. The highest BCUT2D eigenvalue weighted by molar-refractivity contribution is 5.89. The summed E-state index contributed by atoms with van der Waals surface area (Å²) in [5, 5.41) is 15.6. The van der Waals surface area contributed by atoms with Gasteiger partial charge in [0.25, 0.3) is 0 Å². The quantitative estimate of drug-likeness (QED) is 0.270. The first kappa shape index (κ1) is 27.4. The second-order valence-electron chi connectivity index (χ2n) is 9.54. The number of aromatic amines is 1. The summed E-state index contributed by atoms with van der Waals surface area (Å²) in [5.74, 6) is -0.0644. The van der Waals surface area contributed by atoms with Crippen molar-refractivity contribution in [1.29, 1.82) is 0 Å². The molecule has 204 valence electrons. The Bertz CT molecular complexity index is 1390. The highest BCUT2D eigenvalue weighted by Gasteiger charge is 2.27. The van der Waals surface area contributed by atoms with Crippen molar-refractivity contribution < 1.29 is 24.5 Å². The van der Waals surface area contributed by atoms with Gasteiger partial charge < -0.3 is 29.4 Å². The summed E-state index contributed by atoms with van der Waals surface area (Å²) in [6.45, 7) is 6.94. The number of hydrogen-bond donors (Lipinski definition) is 3. The third-order valence-electron chi connectivity index (χ3n) is 6.49. The molecule has 5 rings (SSSR count). The maximum Gasteiger partial charge on any atom is 0.328 e. The summed E-state index contributed by atoms with van der Waals surface area (Å²) in [6.07, 6.45) is 7.09. The van der Waals surface area contributed by atoms with Gasteiger partial charge in [-0.2, -0.15) is 0 Å². The average molecular weight is 532 g/mol. The van der Waals surface area contributed by atoms with E-state index in [-0.39, 0.29) is 6.04 Å². The molecule has 0 bridgehead atoms. The Morgan fingerprint density at radius 2 is 1.74 bits per heavy atom. The zero-order valence-electron chi connectivity index (χ0n) is 22.0. The largest absolute Gasteiger partial charge is 0.487 e. The van der Waals surface area contributed by atoms with Crippen LogP contribution < -0.4 is 9.64 Å². The molecule has 0 unspecified atom stereocenters. The number of aliphatic carboxylic acids is 2. The topological polar surface area (TPSA) is 134 Å². The van der Waals surface area contributed by atoms with Crippen LogP contribution in [0.25, 0.3) is 11.0 Å². The van der Waals surface area contributed by atoms with Crippen LogP contribution in [-0.4, -0.2) is 54.8 Å². The molecular formula is C29H33N5O5. The molecule has 0 spiro atoms. The van der Waals surface area contributed by atoms with E-state index in [2.05, 4.69) is 57.5 Å². The molecule has 0 radical (unpaired) electrons. The number of imidazole rings is 2. The Kier molecular flexibility index (Phi) is 8.98. The molecule has 1 fully saturated rings. The van der Waals surface area contributed by atoms with Crippen molar-refractivity contribution in [3.63, 3.8) is 0 Å². The predicted octanol–water partition coefficient (Wildman–Crippen LogP) is 5.02. The zero-order valence-corrected chi connectivity index (χ0v) is 22.0. The number of carbonyl (C=O) groups is 2. The monoisotopic (exact) mass is 531 g/mol. The Balaban J connectivity index is 0.000000386. The van der Waals surface area contributed by atoms with Crippen molar-refractivity contribution in [3.05, 3.63) is 84.5 Å². The van der Waals surface area contributed by atoms with Gasteiger partial charge in [-0.1, -0.05) is 36.4 Å². The van der Waals surface area contributed by atoms with E-state index in [4.69, 9.17) is 19.9 Å². The molecule has 0 aliphatic carbocycles. The maximum absolute atomic E-state index is 9.55. The molecule has 2 aromatic heterocycles. The minimum atomic E-state index is -1.26. The summed E-state index contributed by atoms with van der Waals surface area (Å²) < 4.78 is 8.61. The van der Waals surface area contributed by atoms with Gasteiger partial charge in [-0.15, -0.1) is 0 Å². The number of nitrogens with one attached hydrogen (secondary N) is 1. The van der Waals surface area contributed by atoms with Crippen LogP contribution in [0.1, 0.15) is 49.9 Å². The van der Waals surface area contributed by atoms with E-state index in [9.17, 15) is 9.59 Å². The van der Waals surface area contributed by atoms with E-state index in [0.717, 1.165) is 54.2 Å². The summed E-state index contributed by atoms with van der Waals surface area (Å²) in [6, 6.07) is 16.8. The molecule has 2 aromatic carbocycles. The van der Waals surface area contributed by atoms with Gasteiger partial charge in [0.05, 0.1) is 17.5 Å². The summed E-state index contributed by atoms with van der Waals surface area (Å²) in [4.78, 5) is 34.1. The van der Waals surface area contributed by atoms with Gasteiger partial charge in [-0.3, -0.25) is 0 Å². The first-order valence-electron chi connectivity index (χ1n) is 12.9. The SMILES string of the molecule is CC(C)n1c(N2CCC(c3c[nH]cn3)CC2)nc2cccc(OCc3ccccc3)c21.O=C(O)/C=C\C(=O)O. The van der Waals surface area contributed by atoms with E-state index in [1.807, 2.05) is 30.5 Å². The van der Waals surface area contributed by atoms with Gasteiger partial charge in [0.15, 0.2) is 0 Å². The molecule has 1 saturated heterocycles. The number of H-pyrrole nitrogens is 1. The molecule has 0 atom stereocenters. The molecule has 39 heavy (non-hydrogen) atoms. The number of fused-ring (bicyclic) bond motifs is 1. The highest BCUT2D eigenvalue weighted by Crippen LogP contribution is 2.36. The van der Waals surface area contributed by atoms with Crippen molar-refractivity contribution in [2.45, 2.75) is 45.3 Å². The van der Waals surface area contributed by atoms with Crippen LogP contribution in [0.2, 0.25) is 0 Å². The lowest BCUT2D eigenvalue weighted by Gasteiger charge is -2.33. The molecule has 3 N–H and O–H groups in total. The third kappa shape index (κ3) is 7.04. The summed E-state index contributed by atoms with van der Waals surface area (Å²) in [5.41, 5.74) is 4.41. The van der Waals surface area contributed by atoms with Crippen LogP contribution in [0.5, 0.6) is 5.75 Å². The van der Waals surface area contributed by atoms with Crippen LogP contribution in [-0.2, 0) is 16.2 Å². The molecule has 1 aliphatic rings. The van der Waals surface area contributed by atoms with Crippen LogP contribution in [0.3, 0.4) is 0 Å². The fourth-order valence-electron chi connectivity index (χ4n) is 4.68. The lowest BCUT2D eigenvalue weighted by atomic mass is 9.94. The minimum absolute atomic E-state index is 0.283. The number of piperidine rings is 1. The molecule has 4 aromatic rings. The fraction of sp³-hybridized carbons (Fsp3) is 0.310. The predicted molar refractivity (Wildman–Crippen MR) is 148 cm³/mol. The first-order valence-corrected chi connectivity index (χ1v) is 12.9. The molecule has 10 heteroatoms. The zero-order chi connectivity index (χ0) is 27.8. The number of hydrogen-bond acceptors (Lipinski definition) is 6. The Morgan fingerprint density at radius 1 is 1.05 bits per heavy atom. The molecular weight excluding hydrogens is 498 g/mol. The molecule has 0 amide bonds. The van der Waals surface area contributed by atoms with Crippen LogP contribution >= 0.6 is 0 Å². The number of aromatic nitrogens is 4. The lowest BCUT2D eigenvalue weighted by Crippen LogP contribution is -2.35.